The summed E-state index contributed by atoms with van der Waals surface area (Å²) in [6.45, 7) is 0. The van der Waals surface area contributed by atoms with E-state index in [-0.39, 0.29) is 27.8 Å². The monoisotopic (exact) mass is 329 g/mol. The van der Waals surface area contributed by atoms with Gasteiger partial charge in [0.1, 0.15) is 5.82 Å². The Morgan fingerprint density at radius 2 is 1.78 bits per heavy atom. The van der Waals surface area contributed by atoms with Gasteiger partial charge in [-0.05, 0) is 29.3 Å². The maximum atomic E-state index is 14.5. The summed E-state index contributed by atoms with van der Waals surface area (Å²) in [4.78, 5) is 4.07. The van der Waals surface area contributed by atoms with Crippen LogP contribution in [0.1, 0.15) is 0 Å². The molecule has 4 nitrogen and oxygen atoms in total. The Morgan fingerprint density at radius 1 is 1.04 bits per heavy atom. The van der Waals surface area contributed by atoms with Gasteiger partial charge in [0, 0.05) is 5.56 Å². The molecule has 0 atom stereocenters. The smallest absolute Gasteiger partial charge is 0.173 e. The predicted molar refractivity (Wildman–Crippen MR) is 89.9 cm³/mol. The molecule has 1 heterocycles. The summed E-state index contributed by atoms with van der Waals surface area (Å²) in [6.07, 6.45) is 0. The minimum atomic E-state index is -0.464. The molecule has 0 bridgehead atoms. The third kappa shape index (κ3) is 2.97. The molecule has 3 aromatic rings. The Hall–Kier alpha value is -2.63. The number of nitrogen functional groups attached to an aromatic ring is 1. The highest BCUT2D eigenvalue weighted by Crippen LogP contribution is 2.34. The van der Waals surface area contributed by atoms with Crippen molar-refractivity contribution in [2.45, 2.75) is 0 Å². The van der Waals surface area contributed by atoms with E-state index < -0.39 is 5.82 Å². The van der Waals surface area contributed by atoms with Gasteiger partial charge in [0.25, 0.3) is 0 Å². The number of nitrogens with two attached hydrogens (primary N) is 1. The second kappa shape index (κ2) is 6.24. The van der Waals surface area contributed by atoms with Gasteiger partial charge in [-0.1, -0.05) is 48.0 Å². The molecule has 0 aliphatic heterocycles. The van der Waals surface area contributed by atoms with E-state index in [0.29, 0.717) is 0 Å². The number of nitrogens with zero attached hydrogens (tertiary/aromatic N) is 1. The summed E-state index contributed by atoms with van der Waals surface area (Å²) in [6, 6.07) is 15.7. The molecule has 0 saturated heterocycles. The molecule has 0 aliphatic rings. The van der Waals surface area contributed by atoms with Crippen LogP contribution in [0.2, 0.25) is 5.02 Å². The molecule has 3 rings (SSSR count). The molecular weight excluding hydrogens is 317 g/mol. The van der Waals surface area contributed by atoms with Gasteiger partial charge in [0.05, 0.1) is 16.4 Å². The first-order valence-electron chi connectivity index (χ1n) is 6.81. The Labute approximate surface area is 137 Å². The third-order valence-electron chi connectivity index (χ3n) is 3.44. The fourth-order valence-corrected chi connectivity index (χ4v) is 2.56. The van der Waals surface area contributed by atoms with Crippen LogP contribution in [-0.4, -0.2) is 10.2 Å². The number of hydrogen-bond acceptors (Lipinski definition) is 4. The van der Waals surface area contributed by atoms with Crippen LogP contribution in [0.15, 0.2) is 54.6 Å². The van der Waals surface area contributed by atoms with Crippen molar-refractivity contribution in [2.75, 3.05) is 11.2 Å². The van der Waals surface area contributed by atoms with Gasteiger partial charge < -0.3 is 5.73 Å². The van der Waals surface area contributed by atoms with Crippen molar-refractivity contribution in [3.8, 4) is 22.4 Å². The minimum absolute atomic E-state index is 0.0240. The summed E-state index contributed by atoms with van der Waals surface area (Å²) in [5.41, 5.74) is 9.78. The lowest BCUT2D eigenvalue weighted by Crippen LogP contribution is -2.01. The molecular formula is C17H13ClFN3O. The number of rotatable bonds is 3. The van der Waals surface area contributed by atoms with Crippen molar-refractivity contribution in [3.63, 3.8) is 0 Å². The maximum Gasteiger partial charge on any atom is 0.173 e. The van der Waals surface area contributed by atoms with E-state index in [9.17, 15) is 4.39 Å². The summed E-state index contributed by atoms with van der Waals surface area (Å²) in [5, 5.41) is 9.22. The molecule has 0 spiro atoms. The zero-order chi connectivity index (χ0) is 16.4. The number of aromatic nitrogens is 1. The Kier molecular flexibility index (Phi) is 4.14. The lowest BCUT2D eigenvalue weighted by molar-refractivity contribution is 0.386. The molecule has 0 saturated carbocycles. The lowest BCUT2D eigenvalue weighted by atomic mass is 10.0. The van der Waals surface area contributed by atoms with E-state index in [4.69, 9.17) is 22.5 Å². The van der Waals surface area contributed by atoms with Crippen LogP contribution in [-0.2, 0) is 0 Å². The highest BCUT2D eigenvalue weighted by atomic mass is 35.5. The summed E-state index contributed by atoms with van der Waals surface area (Å²) in [7, 11) is 0. The Morgan fingerprint density at radius 3 is 2.43 bits per heavy atom. The van der Waals surface area contributed by atoms with Gasteiger partial charge in [-0.2, -0.15) is 0 Å². The molecule has 0 radical (unpaired) electrons. The highest BCUT2D eigenvalue weighted by molar-refractivity contribution is 6.33. The quantitative estimate of drug-likeness (QED) is 0.614. The van der Waals surface area contributed by atoms with Crippen LogP contribution in [0.25, 0.3) is 22.4 Å². The van der Waals surface area contributed by atoms with Gasteiger partial charge >= 0.3 is 0 Å². The first kappa shape index (κ1) is 15.3. The molecule has 0 amide bonds. The average Bonchev–Trinajstić information content (AvgIpc) is 2.56. The van der Waals surface area contributed by atoms with E-state index in [2.05, 4.69) is 4.98 Å². The van der Waals surface area contributed by atoms with Crippen LogP contribution < -0.4 is 11.2 Å². The van der Waals surface area contributed by atoms with Crippen LogP contribution >= 0.6 is 11.6 Å². The van der Waals surface area contributed by atoms with E-state index in [1.807, 2.05) is 35.8 Å². The zero-order valence-corrected chi connectivity index (χ0v) is 12.7. The average molecular weight is 330 g/mol. The van der Waals surface area contributed by atoms with Crippen molar-refractivity contribution in [1.82, 2.24) is 4.98 Å². The maximum absolute atomic E-state index is 14.5. The number of nitrogens with one attached hydrogen (secondary N) is 1. The van der Waals surface area contributed by atoms with Crippen molar-refractivity contribution in [2.24, 2.45) is 0 Å². The summed E-state index contributed by atoms with van der Waals surface area (Å²) in [5.74, 6) is -0.439. The van der Waals surface area contributed by atoms with Crippen LogP contribution in [0.5, 0.6) is 0 Å². The normalized spacial score (nSPS) is 10.6. The molecule has 2 aromatic carbocycles. The fourth-order valence-electron chi connectivity index (χ4n) is 2.30. The van der Waals surface area contributed by atoms with Gasteiger partial charge in [-0.3, -0.25) is 10.7 Å². The van der Waals surface area contributed by atoms with Crippen molar-refractivity contribution < 1.29 is 9.60 Å². The number of hydrogen-bond donors (Lipinski definition) is 3. The molecule has 4 N–H and O–H groups in total. The van der Waals surface area contributed by atoms with E-state index in [1.165, 1.54) is 12.1 Å². The number of anilines is 2. The minimum Gasteiger partial charge on any atom is -0.396 e. The largest absolute Gasteiger partial charge is 0.396 e. The first-order valence-corrected chi connectivity index (χ1v) is 7.19. The summed E-state index contributed by atoms with van der Waals surface area (Å²) >= 11 is 6.10. The van der Waals surface area contributed by atoms with Crippen LogP contribution in [0, 0.1) is 5.82 Å². The molecule has 0 aliphatic carbocycles. The standard InChI is InChI=1S/C17H13ClFN3O/c18-13-9-15(20)17(22-23)21-16(13)12-7-6-11(8-14(12)19)10-4-2-1-3-5-10/h1-9,23H,20H2,(H,21,22). The third-order valence-corrected chi connectivity index (χ3v) is 3.73. The SMILES string of the molecule is Nc1cc(Cl)c(-c2ccc(-c3ccccc3)cc2F)nc1NO. The number of benzene rings is 2. The Bertz CT molecular complexity index is 856. The van der Waals surface area contributed by atoms with Crippen molar-refractivity contribution in [3.05, 3.63) is 65.4 Å². The molecule has 23 heavy (non-hydrogen) atoms. The number of halogens is 2. The second-order valence-electron chi connectivity index (χ2n) is 4.93. The molecule has 6 heteroatoms. The van der Waals surface area contributed by atoms with Gasteiger partial charge in [0.2, 0.25) is 0 Å². The van der Waals surface area contributed by atoms with Crippen molar-refractivity contribution >= 4 is 23.1 Å². The van der Waals surface area contributed by atoms with E-state index >= 15 is 0 Å². The summed E-state index contributed by atoms with van der Waals surface area (Å²) < 4.78 is 14.5. The molecule has 0 unspecified atom stereocenters. The van der Waals surface area contributed by atoms with Gasteiger partial charge in [0.15, 0.2) is 5.82 Å². The highest BCUT2D eigenvalue weighted by Gasteiger charge is 2.15. The second-order valence-corrected chi connectivity index (χ2v) is 5.34. The molecule has 1 aromatic heterocycles. The van der Waals surface area contributed by atoms with Crippen LogP contribution in [0.4, 0.5) is 15.9 Å². The molecule has 116 valence electrons. The van der Waals surface area contributed by atoms with Gasteiger partial charge in [-0.15, -0.1) is 0 Å². The predicted octanol–water partition coefficient (Wildman–Crippen LogP) is 4.59. The number of pyridine rings is 1. The van der Waals surface area contributed by atoms with E-state index in [1.54, 1.807) is 12.1 Å². The fraction of sp³-hybridized carbons (Fsp3) is 0. The Balaban J connectivity index is 2.08. The zero-order valence-electron chi connectivity index (χ0n) is 11.9. The van der Waals surface area contributed by atoms with E-state index in [0.717, 1.165) is 11.1 Å². The van der Waals surface area contributed by atoms with Crippen molar-refractivity contribution in [1.29, 1.82) is 0 Å². The van der Waals surface area contributed by atoms with Crippen LogP contribution in [0.3, 0.4) is 0 Å². The first-order chi connectivity index (χ1) is 11.1. The lowest BCUT2D eigenvalue weighted by Gasteiger charge is -2.11. The topological polar surface area (TPSA) is 71.2 Å². The van der Waals surface area contributed by atoms with Gasteiger partial charge in [-0.25, -0.2) is 9.37 Å². The molecule has 0 fully saturated rings.